The Kier molecular flexibility index (Phi) is 5.44. The molecule has 0 N–H and O–H groups in total. The van der Waals surface area contributed by atoms with E-state index in [9.17, 15) is 18.4 Å². The summed E-state index contributed by atoms with van der Waals surface area (Å²) in [7, 11) is 0. The molecule has 1 aromatic carbocycles. The predicted octanol–water partition coefficient (Wildman–Crippen LogP) is 4.05. The Morgan fingerprint density at radius 1 is 1.07 bits per heavy atom. The maximum Gasteiger partial charge on any atom is 0.387 e. The quantitative estimate of drug-likeness (QED) is 0.601. The number of alkyl halides is 2. The molecular weight excluding hydrogens is 366 g/mol. The molecule has 3 rings (SSSR count). The van der Waals surface area contributed by atoms with E-state index in [1.807, 2.05) is 25.3 Å². The first kappa shape index (κ1) is 19.5. The fourth-order valence-corrected chi connectivity index (χ4v) is 3.20. The van der Waals surface area contributed by atoms with Gasteiger partial charge in [-0.25, -0.2) is 0 Å². The molecule has 0 radical (unpaired) electrons. The number of Topliss-reactive ketones (excluding diaryl/α,β-unsaturated/α-hetero) is 1. The number of halogens is 2. The average Bonchev–Trinajstić information content (AvgIpc) is 2.92. The van der Waals surface area contributed by atoms with Crippen LogP contribution in [0.5, 0.6) is 5.75 Å². The van der Waals surface area contributed by atoms with E-state index < -0.39 is 6.61 Å². The van der Waals surface area contributed by atoms with Gasteiger partial charge in [0.05, 0.1) is 6.54 Å². The number of carbonyl (C=O) groups excluding carboxylic acids is 1. The first-order valence-electron chi connectivity index (χ1n) is 8.70. The molecular formula is C21H20F2N2O3. The second-order valence-electron chi connectivity index (χ2n) is 6.59. The van der Waals surface area contributed by atoms with Crippen molar-refractivity contribution >= 4 is 5.78 Å². The minimum Gasteiger partial charge on any atom is -0.435 e. The lowest BCUT2D eigenvalue weighted by Gasteiger charge is -2.11. The van der Waals surface area contributed by atoms with E-state index in [1.165, 1.54) is 22.8 Å². The molecule has 0 unspecified atom stereocenters. The zero-order chi connectivity index (χ0) is 20.4. The van der Waals surface area contributed by atoms with Crippen LogP contribution in [0.15, 0.2) is 53.5 Å². The third-order valence-electron chi connectivity index (χ3n) is 4.52. The van der Waals surface area contributed by atoms with Gasteiger partial charge in [-0.3, -0.25) is 9.59 Å². The summed E-state index contributed by atoms with van der Waals surface area (Å²) in [5.74, 6) is -0.112. The van der Waals surface area contributed by atoms with Crippen molar-refractivity contribution in [3.05, 3.63) is 81.5 Å². The molecule has 0 aliphatic rings. The molecule has 0 bridgehead atoms. The largest absolute Gasteiger partial charge is 0.435 e. The Bertz CT molecular complexity index is 1070. The minimum atomic E-state index is -2.88. The predicted molar refractivity (Wildman–Crippen MR) is 102 cm³/mol. The molecule has 0 saturated carbocycles. The van der Waals surface area contributed by atoms with Crippen LogP contribution < -0.4 is 10.3 Å². The van der Waals surface area contributed by atoms with Crippen molar-refractivity contribution in [2.24, 2.45) is 0 Å². The SMILES string of the molecule is Cc1ccn(CC(=O)c2cc(C)n(-c3ccc(OC(F)F)cc3)c2C)c(=O)c1. The molecule has 3 aromatic rings. The lowest BCUT2D eigenvalue weighted by Crippen LogP contribution is -2.23. The highest BCUT2D eigenvalue weighted by Gasteiger charge is 2.17. The summed E-state index contributed by atoms with van der Waals surface area (Å²) in [6.07, 6.45) is 1.61. The van der Waals surface area contributed by atoms with Crippen molar-refractivity contribution < 1.29 is 18.3 Å². The van der Waals surface area contributed by atoms with E-state index >= 15 is 0 Å². The first-order chi connectivity index (χ1) is 13.3. The van der Waals surface area contributed by atoms with Gasteiger partial charge in [-0.2, -0.15) is 8.78 Å². The Morgan fingerprint density at radius 3 is 2.36 bits per heavy atom. The van der Waals surface area contributed by atoms with Crippen LogP contribution in [0.25, 0.3) is 5.69 Å². The van der Waals surface area contributed by atoms with Gasteiger partial charge in [0.15, 0.2) is 5.78 Å². The van der Waals surface area contributed by atoms with E-state index in [0.29, 0.717) is 11.3 Å². The summed E-state index contributed by atoms with van der Waals surface area (Å²) in [4.78, 5) is 24.8. The highest BCUT2D eigenvalue weighted by atomic mass is 19.3. The van der Waals surface area contributed by atoms with Crippen LogP contribution in [0.3, 0.4) is 0 Å². The molecule has 0 aliphatic heterocycles. The van der Waals surface area contributed by atoms with Crippen molar-refractivity contribution in [3.63, 3.8) is 0 Å². The number of carbonyl (C=O) groups is 1. The zero-order valence-corrected chi connectivity index (χ0v) is 15.8. The molecule has 0 spiro atoms. The second-order valence-corrected chi connectivity index (χ2v) is 6.59. The van der Waals surface area contributed by atoms with Crippen LogP contribution in [0.4, 0.5) is 8.78 Å². The topological polar surface area (TPSA) is 53.2 Å². The summed E-state index contributed by atoms with van der Waals surface area (Å²) >= 11 is 0. The van der Waals surface area contributed by atoms with Gasteiger partial charge in [-0.1, -0.05) is 0 Å². The third kappa shape index (κ3) is 4.03. The van der Waals surface area contributed by atoms with Gasteiger partial charge < -0.3 is 13.9 Å². The summed E-state index contributed by atoms with van der Waals surface area (Å²) in [5, 5.41) is 0. The Morgan fingerprint density at radius 2 is 1.75 bits per heavy atom. The highest BCUT2D eigenvalue weighted by molar-refractivity contribution is 5.97. The number of hydrogen-bond donors (Lipinski definition) is 0. The molecule has 2 heterocycles. The van der Waals surface area contributed by atoms with E-state index in [-0.39, 0.29) is 23.6 Å². The summed E-state index contributed by atoms with van der Waals surface area (Å²) < 4.78 is 32.2. The van der Waals surface area contributed by atoms with Crippen molar-refractivity contribution in [3.8, 4) is 11.4 Å². The van der Waals surface area contributed by atoms with E-state index in [2.05, 4.69) is 4.74 Å². The van der Waals surface area contributed by atoms with Crippen LogP contribution in [0.2, 0.25) is 0 Å². The highest BCUT2D eigenvalue weighted by Crippen LogP contribution is 2.24. The fraction of sp³-hybridized carbons (Fsp3) is 0.238. The Labute approximate surface area is 160 Å². The van der Waals surface area contributed by atoms with Gasteiger partial charge in [-0.05, 0) is 62.7 Å². The molecule has 0 amide bonds. The first-order valence-corrected chi connectivity index (χ1v) is 8.70. The van der Waals surface area contributed by atoms with Crippen LogP contribution >= 0.6 is 0 Å². The van der Waals surface area contributed by atoms with Gasteiger partial charge in [0.25, 0.3) is 5.56 Å². The molecule has 0 fully saturated rings. The third-order valence-corrected chi connectivity index (χ3v) is 4.52. The van der Waals surface area contributed by atoms with E-state index in [4.69, 9.17) is 0 Å². The smallest absolute Gasteiger partial charge is 0.387 e. The van der Waals surface area contributed by atoms with Gasteiger partial charge >= 0.3 is 6.61 Å². The normalized spacial score (nSPS) is 11.1. The lowest BCUT2D eigenvalue weighted by atomic mass is 10.1. The number of benzene rings is 1. The van der Waals surface area contributed by atoms with E-state index in [1.54, 1.807) is 30.5 Å². The molecule has 146 valence electrons. The van der Waals surface area contributed by atoms with Crippen LogP contribution in [0, 0.1) is 20.8 Å². The van der Waals surface area contributed by atoms with Gasteiger partial charge in [0, 0.05) is 34.9 Å². The maximum atomic E-state index is 12.8. The number of ketones is 1. The van der Waals surface area contributed by atoms with Gasteiger partial charge in [-0.15, -0.1) is 0 Å². The minimum absolute atomic E-state index is 0.0510. The number of nitrogens with zero attached hydrogens (tertiary/aromatic N) is 2. The Balaban J connectivity index is 1.89. The monoisotopic (exact) mass is 386 g/mol. The van der Waals surface area contributed by atoms with Crippen molar-refractivity contribution in [1.29, 1.82) is 0 Å². The lowest BCUT2D eigenvalue weighted by molar-refractivity contribution is -0.0498. The molecule has 0 aliphatic carbocycles. The number of aromatic nitrogens is 2. The second kappa shape index (κ2) is 7.80. The van der Waals surface area contributed by atoms with Crippen molar-refractivity contribution in [2.75, 3.05) is 0 Å². The standard InChI is InChI=1S/C21H20F2N2O3/c1-13-8-9-24(20(27)10-13)12-19(26)18-11-14(2)25(15(18)3)16-4-6-17(7-5-16)28-21(22)23/h4-11,21H,12H2,1-3H3. The number of aryl methyl sites for hydroxylation is 2. The zero-order valence-electron chi connectivity index (χ0n) is 15.8. The molecule has 7 heteroatoms. The maximum absolute atomic E-state index is 12.8. The van der Waals surface area contributed by atoms with Crippen molar-refractivity contribution in [2.45, 2.75) is 33.9 Å². The number of hydrogen-bond acceptors (Lipinski definition) is 3. The fourth-order valence-electron chi connectivity index (χ4n) is 3.20. The summed E-state index contributed by atoms with van der Waals surface area (Å²) in [5.41, 5.74) is 3.38. The number of pyridine rings is 1. The molecule has 0 saturated heterocycles. The Hall–Kier alpha value is -3.22. The number of rotatable bonds is 6. The van der Waals surface area contributed by atoms with Crippen LogP contribution in [-0.2, 0) is 6.54 Å². The molecule has 28 heavy (non-hydrogen) atoms. The van der Waals surface area contributed by atoms with Crippen molar-refractivity contribution in [1.82, 2.24) is 9.13 Å². The van der Waals surface area contributed by atoms with Gasteiger partial charge in [0.1, 0.15) is 5.75 Å². The number of ether oxygens (including phenoxy) is 1. The molecule has 2 aromatic heterocycles. The summed E-state index contributed by atoms with van der Waals surface area (Å²) in [6.45, 7) is 2.55. The average molecular weight is 386 g/mol. The van der Waals surface area contributed by atoms with Crippen LogP contribution in [-0.4, -0.2) is 21.5 Å². The molecule has 0 atom stereocenters. The van der Waals surface area contributed by atoms with E-state index in [0.717, 1.165) is 16.9 Å². The van der Waals surface area contributed by atoms with Gasteiger partial charge in [0.2, 0.25) is 0 Å². The molecule has 5 nitrogen and oxygen atoms in total. The summed E-state index contributed by atoms with van der Waals surface area (Å²) in [6, 6.07) is 11.2. The van der Waals surface area contributed by atoms with Crippen LogP contribution in [0.1, 0.15) is 27.3 Å².